The van der Waals surface area contributed by atoms with Crippen molar-refractivity contribution < 1.29 is 22.8 Å². The number of rotatable bonds is 10. The van der Waals surface area contributed by atoms with Crippen molar-refractivity contribution >= 4 is 41.2 Å². The highest BCUT2D eigenvalue weighted by atomic mass is 28.4. The highest BCUT2D eigenvalue weighted by Gasteiger charge is 2.52. The summed E-state index contributed by atoms with van der Waals surface area (Å²) in [6.07, 6.45) is -0.424. The lowest BCUT2D eigenvalue weighted by Gasteiger charge is -2.46. The molecule has 0 aromatic rings. The fraction of sp³-hybridized carbons (Fsp3) is 0.812. The van der Waals surface area contributed by atoms with Crippen molar-refractivity contribution in [3.63, 3.8) is 0 Å². The Morgan fingerprint density at radius 3 is 1.60 bits per heavy atom. The molecule has 0 heterocycles. The molecule has 0 aliphatic rings. The van der Waals surface area contributed by atoms with E-state index in [1.165, 1.54) is 0 Å². The first-order valence-electron chi connectivity index (χ1n) is 8.88. The quantitative estimate of drug-likeness (QED) is 0.233. The minimum absolute atomic E-state index is 0.322. The van der Waals surface area contributed by atoms with Gasteiger partial charge in [0.15, 0.2) is 25.0 Å². The van der Waals surface area contributed by atoms with Crippen LogP contribution in [0.1, 0.15) is 6.92 Å². The summed E-state index contributed by atoms with van der Waals surface area (Å²) in [4.78, 5) is 12.4. The molecule has 0 saturated carbocycles. The first-order valence-corrected chi connectivity index (χ1v) is 20.5. The fourth-order valence-electron chi connectivity index (χ4n) is 2.16. The number of ether oxygens (including phenoxy) is 1. The normalized spacial score (nSPS) is 15.1. The van der Waals surface area contributed by atoms with Crippen LogP contribution in [0.25, 0.3) is 0 Å². The highest BCUT2D eigenvalue weighted by molar-refractivity contribution is 6.71. The van der Waals surface area contributed by atoms with E-state index in [9.17, 15) is 4.79 Å². The number of carbonyl (C=O) groups is 1. The molecule has 0 fully saturated rings. The Bertz CT molecular complexity index is 458. The lowest BCUT2D eigenvalue weighted by atomic mass is 10.3. The number of esters is 1. The van der Waals surface area contributed by atoms with Gasteiger partial charge in [0, 0.05) is 15.8 Å². The lowest BCUT2D eigenvalue weighted by molar-refractivity contribution is -0.327. The molecule has 9 heteroatoms. The van der Waals surface area contributed by atoms with Gasteiger partial charge in [0.05, 0.1) is 0 Å². The van der Waals surface area contributed by atoms with Crippen LogP contribution in [0.2, 0.25) is 65.0 Å². The summed E-state index contributed by atoms with van der Waals surface area (Å²) in [5.41, 5.74) is 0.322. The van der Waals surface area contributed by atoms with Gasteiger partial charge in [-0.3, -0.25) is 0 Å². The van der Waals surface area contributed by atoms with Crippen molar-refractivity contribution in [1.82, 2.24) is 0 Å². The van der Waals surface area contributed by atoms with Gasteiger partial charge in [-0.05, 0) is 71.9 Å². The predicted molar refractivity (Wildman–Crippen MR) is 115 cm³/mol. The monoisotopic (exact) mass is 422 g/mol. The zero-order valence-corrected chi connectivity index (χ0v) is 23.0. The summed E-state index contributed by atoms with van der Waals surface area (Å²) in [6.45, 7) is 24.0. The van der Waals surface area contributed by atoms with Crippen LogP contribution in [-0.2, 0) is 22.8 Å². The Labute approximate surface area is 160 Å². The second-order valence-electron chi connectivity index (χ2n) is 9.33. The van der Waals surface area contributed by atoms with Gasteiger partial charge in [0.25, 0.3) is 0 Å². The zero-order valence-electron chi connectivity index (χ0n) is 18.0. The van der Waals surface area contributed by atoms with Gasteiger partial charge in [-0.25, -0.2) is 4.79 Å². The molecular weight excluding hydrogens is 385 g/mol. The maximum Gasteiger partial charge on any atom is 0.337 e. The average molecular weight is 423 g/mol. The van der Waals surface area contributed by atoms with Gasteiger partial charge in [0.1, 0.15) is 6.10 Å². The minimum atomic E-state index is -2.11. The van der Waals surface area contributed by atoms with Crippen LogP contribution in [0, 0.1) is 0 Å². The van der Waals surface area contributed by atoms with Crippen molar-refractivity contribution in [2.45, 2.75) is 84.0 Å². The molecule has 0 radical (unpaired) electrons. The second-order valence-corrected chi connectivity index (χ2v) is 23.5. The highest BCUT2D eigenvalue weighted by Crippen LogP contribution is 2.34. The molecule has 25 heavy (non-hydrogen) atoms. The van der Waals surface area contributed by atoms with Crippen LogP contribution in [-0.4, -0.2) is 53.2 Å². The van der Waals surface area contributed by atoms with Crippen LogP contribution in [0.15, 0.2) is 12.2 Å². The SMILES string of the molecule is C=C(C)C(=O)OC(O[Si](C)(C)C)(O[Si](C)(C)C)C(C[SiH3])O[Si](C)(C)C. The zero-order chi connectivity index (χ0) is 20.3. The summed E-state index contributed by atoms with van der Waals surface area (Å²) in [6, 6.07) is 0.753. The van der Waals surface area contributed by atoms with Gasteiger partial charge in [0.2, 0.25) is 0 Å². The molecule has 0 amide bonds. The Balaban J connectivity index is 6.20. The van der Waals surface area contributed by atoms with Crippen molar-refractivity contribution in [2.24, 2.45) is 0 Å². The summed E-state index contributed by atoms with van der Waals surface area (Å²) < 4.78 is 25.1. The maximum atomic E-state index is 12.4. The van der Waals surface area contributed by atoms with E-state index >= 15 is 0 Å². The molecule has 0 spiro atoms. The lowest BCUT2D eigenvalue weighted by Crippen LogP contribution is -2.61. The van der Waals surface area contributed by atoms with Crippen molar-refractivity contribution in [1.29, 1.82) is 0 Å². The van der Waals surface area contributed by atoms with E-state index in [4.69, 9.17) is 18.0 Å². The molecule has 0 aromatic carbocycles. The van der Waals surface area contributed by atoms with E-state index < -0.39 is 43.0 Å². The first kappa shape index (κ1) is 25.0. The largest absolute Gasteiger partial charge is 0.406 e. The second kappa shape index (κ2) is 8.76. The Morgan fingerprint density at radius 2 is 1.36 bits per heavy atom. The Morgan fingerprint density at radius 1 is 0.960 bits per heavy atom. The van der Waals surface area contributed by atoms with Gasteiger partial charge < -0.3 is 18.0 Å². The predicted octanol–water partition coefficient (Wildman–Crippen LogP) is 3.47. The van der Waals surface area contributed by atoms with E-state index in [2.05, 4.69) is 65.5 Å². The van der Waals surface area contributed by atoms with Crippen LogP contribution in [0.4, 0.5) is 0 Å². The van der Waals surface area contributed by atoms with Crippen molar-refractivity contribution in [3.05, 3.63) is 12.2 Å². The maximum absolute atomic E-state index is 12.4. The van der Waals surface area contributed by atoms with E-state index in [1.807, 2.05) is 0 Å². The minimum Gasteiger partial charge on any atom is -0.406 e. The van der Waals surface area contributed by atoms with E-state index in [-0.39, 0.29) is 0 Å². The molecule has 0 saturated heterocycles. The molecule has 148 valence electrons. The molecule has 0 aromatic heterocycles. The van der Waals surface area contributed by atoms with Gasteiger partial charge in [-0.1, -0.05) is 6.58 Å². The topological polar surface area (TPSA) is 54.0 Å². The summed E-state index contributed by atoms with van der Waals surface area (Å²) in [5.74, 6) is -2.00. The standard InChI is InChI=1S/C16H38O5Si4/c1-13(2)15(17)18-16(20-24(6,7)8,21-25(9,10)11)14(12-22)19-23(3,4)5/h14H,1,12H2,2-11,22H3. The molecule has 0 rings (SSSR count). The van der Waals surface area contributed by atoms with Crippen LogP contribution in [0.5, 0.6) is 0 Å². The van der Waals surface area contributed by atoms with Gasteiger partial charge in [-0.15, -0.1) is 0 Å². The van der Waals surface area contributed by atoms with Crippen LogP contribution in [0.3, 0.4) is 0 Å². The summed E-state index contributed by atoms with van der Waals surface area (Å²) in [5, 5.41) is 0. The van der Waals surface area contributed by atoms with Gasteiger partial charge in [-0.2, -0.15) is 0 Å². The Hall–Kier alpha value is -0.0425. The summed E-state index contributed by atoms with van der Waals surface area (Å²) in [7, 11) is -5.23. The van der Waals surface area contributed by atoms with E-state index in [1.54, 1.807) is 6.92 Å². The van der Waals surface area contributed by atoms with Crippen molar-refractivity contribution in [3.8, 4) is 0 Å². The fourth-order valence-corrected chi connectivity index (χ4v) is 6.55. The molecule has 1 atom stereocenters. The molecular formula is C16H38O5Si4. The third-order valence-electron chi connectivity index (χ3n) is 2.74. The third-order valence-corrected chi connectivity index (χ3v) is 6.27. The van der Waals surface area contributed by atoms with E-state index in [0.29, 0.717) is 5.57 Å². The molecule has 5 nitrogen and oxygen atoms in total. The van der Waals surface area contributed by atoms with Gasteiger partial charge >= 0.3 is 11.9 Å². The van der Waals surface area contributed by atoms with Crippen molar-refractivity contribution in [2.75, 3.05) is 0 Å². The third kappa shape index (κ3) is 10.0. The first-order chi connectivity index (χ1) is 10.9. The summed E-state index contributed by atoms with van der Waals surface area (Å²) >= 11 is 0. The smallest absolute Gasteiger partial charge is 0.337 e. The number of carbonyl (C=O) groups excluding carboxylic acids is 1. The Kier molecular flexibility index (Phi) is 8.75. The number of hydrogen-bond acceptors (Lipinski definition) is 5. The molecule has 0 N–H and O–H groups in total. The molecule has 1 unspecified atom stereocenters. The van der Waals surface area contributed by atoms with E-state index in [0.717, 1.165) is 16.3 Å². The van der Waals surface area contributed by atoms with Crippen LogP contribution < -0.4 is 0 Å². The number of hydrogen-bond donors (Lipinski definition) is 0. The molecule has 0 aliphatic carbocycles. The average Bonchev–Trinajstić information content (AvgIpc) is 2.29. The molecule has 0 bridgehead atoms. The molecule has 0 aliphatic heterocycles. The van der Waals surface area contributed by atoms with Crippen LogP contribution >= 0.6 is 0 Å².